The molecule has 6 heteroatoms. The summed E-state index contributed by atoms with van der Waals surface area (Å²) in [5.74, 6) is -0.625. The van der Waals surface area contributed by atoms with Gasteiger partial charge >= 0.3 is 5.97 Å². The van der Waals surface area contributed by atoms with Crippen molar-refractivity contribution in [3.8, 4) is 11.8 Å². The van der Waals surface area contributed by atoms with E-state index in [1.54, 1.807) is 25.1 Å². The van der Waals surface area contributed by atoms with Gasteiger partial charge < -0.3 is 14.8 Å². The second-order valence-corrected chi connectivity index (χ2v) is 5.70. The van der Waals surface area contributed by atoms with E-state index in [1.807, 2.05) is 26.0 Å². The third kappa shape index (κ3) is 5.43. The number of amides is 1. The Morgan fingerprint density at radius 2 is 2.04 bits per heavy atom. The maximum atomic E-state index is 11.8. The molecule has 0 aliphatic rings. The largest absolute Gasteiger partial charge is 0.496 e. The number of nitrogens with one attached hydrogen (secondary N) is 1. The summed E-state index contributed by atoms with van der Waals surface area (Å²) in [6.07, 6.45) is 2.77. The van der Waals surface area contributed by atoms with Crippen LogP contribution >= 0.6 is 0 Å². The predicted octanol–water partition coefficient (Wildman–Crippen LogP) is 2.31. The van der Waals surface area contributed by atoms with Gasteiger partial charge in [0.25, 0.3) is 5.91 Å². The first-order chi connectivity index (χ1) is 11.3. The van der Waals surface area contributed by atoms with Gasteiger partial charge in [-0.3, -0.25) is 4.79 Å². The predicted molar refractivity (Wildman–Crippen MR) is 90.0 cm³/mol. The first-order valence-corrected chi connectivity index (χ1v) is 7.52. The van der Waals surface area contributed by atoms with Gasteiger partial charge in [0.05, 0.1) is 13.2 Å². The second-order valence-electron chi connectivity index (χ2n) is 5.70. The molecule has 0 unspecified atom stereocenters. The van der Waals surface area contributed by atoms with Crippen molar-refractivity contribution in [2.75, 3.05) is 13.7 Å². The van der Waals surface area contributed by atoms with Crippen LogP contribution in [0.2, 0.25) is 0 Å². The molecule has 1 aromatic rings. The molecule has 0 fully saturated rings. The fraction of sp³-hybridized carbons (Fsp3) is 0.389. The molecule has 1 aromatic carbocycles. The van der Waals surface area contributed by atoms with Crippen LogP contribution in [0.3, 0.4) is 0 Å². The van der Waals surface area contributed by atoms with E-state index in [4.69, 9.17) is 14.7 Å². The molecule has 0 radical (unpaired) electrons. The lowest BCUT2D eigenvalue weighted by Crippen LogP contribution is -2.50. The number of nitriles is 1. The van der Waals surface area contributed by atoms with Crippen LogP contribution in [0.5, 0.6) is 5.75 Å². The minimum absolute atomic E-state index is 0.0763. The van der Waals surface area contributed by atoms with E-state index < -0.39 is 24.0 Å². The Balaban J connectivity index is 2.56. The number of ether oxygens (including phenoxy) is 2. The van der Waals surface area contributed by atoms with Crippen molar-refractivity contribution in [1.82, 2.24) is 5.32 Å². The lowest BCUT2D eigenvalue weighted by Gasteiger charge is -2.27. The number of hydrogen-bond donors (Lipinski definition) is 1. The Labute approximate surface area is 142 Å². The Hall–Kier alpha value is -2.81. The summed E-state index contributed by atoms with van der Waals surface area (Å²) >= 11 is 0. The Bertz CT molecular complexity index is 661. The number of nitrogens with zero attached hydrogens (tertiary/aromatic N) is 1. The highest BCUT2D eigenvalue weighted by molar-refractivity contribution is 5.89. The van der Waals surface area contributed by atoms with Crippen LogP contribution in [0.25, 0.3) is 6.08 Å². The number of para-hydroxylation sites is 1. The molecule has 0 saturated carbocycles. The Kier molecular flexibility index (Phi) is 6.99. The molecule has 24 heavy (non-hydrogen) atoms. The van der Waals surface area contributed by atoms with Crippen LogP contribution in [0.1, 0.15) is 26.3 Å². The number of benzene rings is 1. The van der Waals surface area contributed by atoms with Gasteiger partial charge in [0.1, 0.15) is 11.3 Å². The summed E-state index contributed by atoms with van der Waals surface area (Å²) < 4.78 is 10.0. The number of rotatable bonds is 7. The van der Waals surface area contributed by atoms with Crippen molar-refractivity contribution in [1.29, 1.82) is 5.26 Å². The molecule has 0 saturated heterocycles. The van der Waals surface area contributed by atoms with E-state index in [9.17, 15) is 9.59 Å². The molecule has 0 aromatic heterocycles. The van der Waals surface area contributed by atoms with Crippen molar-refractivity contribution in [3.63, 3.8) is 0 Å². The average Bonchev–Trinajstić information content (AvgIpc) is 2.57. The summed E-state index contributed by atoms with van der Waals surface area (Å²) in [5.41, 5.74) is -0.283. The molecular weight excluding hydrogens is 308 g/mol. The lowest BCUT2D eigenvalue weighted by molar-refractivity contribution is -0.144. The summed E-state index contributed by atoms with van der Waals surface area (Å²) in [6, 6.07) is 9.25. The van der Waals surface area contributed by atoms with E-state index in [1.165, 1.54) is 13.2 Å². The number of esters is 1. The smallest absolute Gasteiger partial charge is 0.331 e. The topological polar surface area (TPSA) is 88.4 Å². The van der Waals surface area contributed by atoms with Gasteiger partial charge in [0, 0.05) is 11.6 Å². The maximum Gasteiger partial charge on any atom is 0.331 e. The van der Waals surface area contributed by atoms with Gasteiger partial charge in [0.15, 0.2) is 6.61 Å². The highest BCUT2D eigenvalue weighted by Crippen LogP contribution is 2.18. The molecule has 1 amide bonds. The molecule has 0 aliphatic heterocycles. The summed E-state index contributed by atoms with van der Waals surface area (Å²) in [7, 11) is 1.54. The zero-order valence-corrected chi connectivity index (χ0v) is 14.3. The monoisotopic (exact) mass is 330 g/mol. The van der Waals surface area contributed by atoms with Gasteiger partial charge in [-0.25, -0.2) is 4.79 Å². The zero-order chi connectivity index (χ0) is 18.2. The molecule has 128 valence electrons. The normalized spacial score (nSPS) is 13.2. The number of carbonyl (C=O) groups is 2. The first kappa shape index (κ1) is 19.2. The fourth-order valence-corrected chi connectivity index (χ4v) is 1.77. The van der Waals surface area contributed by atoms with E-state index in [2.05, 4.69) is 11.4 Å². The van der Waals surface area contributed by atoms with E-state index >= 15 is 0 Å². The van der Waals surface area contributed by atoms with E-state index in [0.717, 1.165) is 5.56 Å². The molecule has 1 N–H and O–H groups in total. The highest BCUT2D eigenvalue weighted by atomic mass is 16.5. The second kappa shape index (κ2) is 8.73. The number of carbonyl (C=O) groups excluding carboxylic acids is 2. The van der Waals surface area contributed by atoms with E-state index in [-0.39, 0.29) is 5.92 Å². The fourth-order valence-electron chi connectivity index (χ4n) is 1.77. The SMILES string of the molecule is COc1ccccc1/C=C/C(=O)OCC(=O)N[C@](C)(C#N)C(C)C. The Morgan fingerprint density at radius 3 is 2.62 bits per heavy atom. The van der Waals surface area contributed by atoms with Crippen LogP contribution < -0.4 is 10.1 Å². The highest BCUT2D eigenvalue weighted by Gasteiger charge is 2.30. The van der Waals surface area contributed by atoms with Crippen molar-refractivity contribution in [2.24, 2.45) is 5.92 Å². The number of methoxy groups -OCH3 is 1. The maximum absolute atomic E-state index is 11.8. The Morgan fingerprint density at radius 1 is 1.38 bits per heavy atom. The third-order valence-corrected chi connectivity index (χ3v) is 3.67. The minimum atomic E-state index is -1.00. The van der Waals surface area contributed by atoms with Gasteiger partial charge in [-0.15, -0.1) is 0 Å². The number of hydrogen-bond acceptors (Lipinski definition) is 5. The van der Waals surface area contributed by atoms with Crippen molar-refractivity contribution >= 4 is 18.0 Å². The van der Waals surface area contributed by atoms with Crippen LogP contribution in [0.4, 0.5) is 0 Å². The van der Waals surface area contributed by atoms with Crippen LogP contribution in [0, 0.1) is 17.2 Å². The van der Waals surface area contributed by atoms with E-state index in [0.29, 0.717) is 5.75 Å². The van der Waals surface area contributed by atoms with Crippen molar-refractivity contribution < 1.29 is 19.1 Å². The molecule has 6 nitrogen and oxygen atoms in total. The molecule has 0 heterocycles. The van der Waals surface area contributed by atoms with Crippen LogP contribution in [-0.2, 0) is 14.3 Å². The first-order valence-electron chi connectivity index (χ1n) is 7.52. The van der Waals surface area contributed by atoms with Gasteiger partial charge in [-0.2, -0.15) is 5.26 Å². The standard InChI is InChI=1S/C18H22N2O4/c1-13(2)18(3,12-19)20-16(21)11-24-17(22)10-9-14-7-5-6-8-15(14)23-4/h5-10,13H,11H2,1-4H3,(H,20,21)/b10-9+/t18-/m1/s1. The molecule has 0 spiro atoms. The van der Waals surface area contributed by atoms with Crippen molar-refractivity contribution in [3.05, 3.63) is 35.9 Å². The molecule has 1 atom stereocenters. The van der Waals surface area contributed by atoms with Crippen LogP contribution in [-0.4, -0.2) is 31.1 Å². The molecule has 0 aliphatic carbocycles. The van der Waals surface area contributed by atoms with Gasteiger partial charge in [-0.05, 0) is 25.0 Å². The van der Waals surface area contributed by atoms with Gasteiger partial charge in [-0.1, -0.05) is 32.0 Å². The minimum Gasteiger partial charge on any atom is -0.496 e. The third-order valence-electron chi connectivity index (χ3n) is 3.67. The average molecular weight is 330 g/mol. The summed E-state index contributed by atoms with van der Waals surface area (Å²) in [4.78, 5) is 23.5. The zero-order valence-electron chi connectivity index (χ0n) is 14.3. The van der Waals surface area contributed by atoms with Crippen LogP contribution in [0.15, 0.2) is 30.3 Å². The van der Waals surface area contributed by atoms with Gasteiger partial charge in [0.2, 0.25) is 0 Å². The molecular formula is C18H22N2O4. The molecule has 0 bridgehead atoms. The quantitative estimate of drug-likeness (QED) is 0.612. The summed E-state index contributed by atoms with van der Waals surface area (Å²) in [5, 5.41) is 11.7. The summed E-state index contributed by atoms with van der Waals surface area (Å²) in [6.45, 7) is 4.83. The lowest BCUT2D eigenvalue weighted by atomic mass is 9.90. The molecule has 1 rings (SSSR count). The van der Waals surface area contributed by atoms with Crippen molar-refractivity contribution in [2.45, 2.75) is 26.3 Å².